The Hall–Kier alpha value is -2.89. The minimum atomic E-state index is -0.338. The number of aryl methyl sites for hydroxylation is 2. The van der Waals surface area contributed by atoms with Crippen LogP contribution in [0.5, 0.6) is 0 Å². The smallest absolute Gasteiger partial charge is 0.295 e. The van der Waals surface area contributed by atoms with Gasteiger partial charge in [0.05, 0.1) is 17.9 Å². The minimum absolute atomic E-state index is 0.183. The van der Waals surface area contributed by atoms with Gasteiger partial charge in [0.2, 0.25) is 5.76 Å². The van der Waals surface area contributed by atoms with E-state index < -0.39 is 0 Å². The van der Waals surface area contributed by atoms with Crippen molar-refractivity contribution in [3.8, 4) is 0 Å². The highest BCUT2D eigenvalue weighted by atomic mass is 16.5. The normalized spacial score (nSPS) is 10.6. The van der Waals surface area contributed by atoms with E-state index in [4.69, 9.17) is 4.52 Å². The number of amides is 1. The van der Waals surface area contributed by atoms with Gasteiger partial charge in [-0.25, -0.2) is 4.68 Å². The van der Waals surface area contributed by atoms with E-state index in [0.717, 1.165) is 11.3 Å². The number of nitrogens with zero attached hydrogens (tertiary/aromatic N) is 3. The average molecular weight is 296 g/mol. The van der Waals surface area contributed by atoms with Crippen molar-refractivity contribution < 1.29 is 9.32 Å². The molecule has 0 bridgehead atoms. The summed E-state index contributed by atoms with van der Waals surface area (Å²) in [4.78, 5) is 12.2. The van der Waals surface area contributed by atoms with Crippen LogP contribution in [0.15, 0.2) is 47.0 Å². The highest BCUT2D eigenvalue weighted by Crippen LogP contribution is 2.14. The van der Waals surface area contributed by atoms with Crippen LogP contribution >= 0.6 is 0 Å². The van der Waals surface area contributed by atoms with Crippen LogP contribution in [0.25, 0.3) is 0 Å². The quantitative estimate of drug-likeness (QED) is 0.803. The average Bonchev–Trinajstić information content (AvgIpc) is 3.07. The predicted octanol–water partition coefficient (Wildman–Crippen LogP) is 2.79. The molecule has 0 unspecified atom stereocenters. The summed E-state index contributed by atoms with van der Waals surface area (Å²) in [6.45, 7) is 4.24. The highest BCUT2D eigenvalue weighted by molar-refractivity contribution is 6.01. The fourth-order valence-corrected chi connectivity index (χ4v) is 2.17. The Labute approximate surface area is 127 Å². The Morgan fingerprint density at radius 3 is 2.64 bits per heavy atom. The van der Waals surface area contributed by atoms with E-state index in [1.165, 1.54) is 0 Å². The molecule has 6 nitrogen and oxygen atoms in total. The number of rotatable bonds is 4. The zero-order valence-corrected chi connectivity index (χ0v) is 12.4. The topological polar surface area (TPSA) is 73.0 Å². The van der Waals surface area contributed by atoms with Gasteiger partial charge in [-0.3, -0.25) is 4.79 Å². The van der Waals surface area contributed by atoms with E-state index >= 15 is 0 Å². The molecule has 0 aliphatic rings. The number of benzene rings is 1. The molecule has 6 heteroatoms. The van der Waals surface area contributed by atoms with Gasteiger partial charge in [-0.1, -0.05) is 35.5 Å². The number of nitrogens with one attached hydrogen (secondary N) is 1. The van der Waals surface area contributed by atoms with E-state index in [1.54, 1.807) is 17.7 Å². The molecule has 2 heterocycles. The molecule has 0 atom stereocenters. The zero-order chi connectivity index (χ0) is 15.5. The van der Waals surface area contributed by atoms with Crippen LogP contribution in [-0.4, -0.2) is 20.8 Å². The summed E-state index contributed by atoms with van der Waals surface area (Å²) < 4.78 is 6.73. The minimum Gasteiger partial charge on any atom is -0.351 e. The van der Waals surface area contributed by atoms with Gasteiger partial charge in [-0.15, -0.1) is 0 Å². The van der Waals surface area contributed by atoms with Crippen LogP contribution in [0.4, 0.5) is 5.82 Å². The van der Waals surface area contributed by atoms with Gasteiger partial charge in [-0.05, 0) is 19.4 Å². The van der Waals surface area contributed by atoms with E-state index in [2.05, 4.69) is 15.6 Å². The Morgan fingerprint density at radius 1 is 1.18 bits per heavy atom. The van der Waals surface area contributed by atoms with E-state index in [0.29, 0.717) is 18.1 Å². The molecule has 0 aliphatic carbocycles. The van der Waals surface area contributed by atoms with Crippen LogP contribution in [0.3, 0.4) is 0 Å². The Bertz CT molecular complexity index is 790. The lowest BCUT2D eigenvalue weighted by atomic mass is 10.2. The van der Waals surface area contributed by atoms with E-state index in [9.17, 15) is 4.79 Å². The molecular formula is C16H16N4O2. The second kappa shape index (κ2) is 5.85. The zero-order valence-electron chi connectivity index (χ0n) is 12.4. The first-order valence-corrected chi connectivity index (χ1v) is 6.95. The van der Waals surface area contributed by atoms with Gasteiger partial charge in [0, 0.05) is 12.1 Å². The van der Waals surface area contributed by atoms with Crippen LogP contribution in [0.2, 0.25) is 0 Å². The fraction of sp³-hybridized carbons (Fsp3) is 0.188. The van der Waals surface area contributed by atoms with Crippen LogP contribution < -0.4 is 5.32 Å². The van der Waals surface area contributed by atoms with Crippen molar-refractivity contribution >= 4 is 11.7 Å². The maximum atomic E-state index is 12.2. The second-order valence-electron chi connectivity index (χ2n) is 5.10. The number of hydrogen-bond donors (Lipinski definition) is 1. The van der Waals surface area contributed by atoms with Crippen molar-refractivity contribution in [2.24, 2.45) is 0 Å². The number of aromatic nitrogens is 3. The molecule has 3 rings (SSSR count). The van der Waals surface area contributed by atoms with Crippen molar-refractivity contribution in [2.75, 3.05) is 5.32 Å². The van der Waals surface area contributed by atoms with E-state index in [1.807, 2.05) is 43.3 Å². The van der Waals surface area contributed by atoms with Gasteiger partial charge in [-0.2, -0.15) is 5.10 Å². The summed E-state index contributed by atoms with van der Waals surface area (Å²) in [5, 5.41) is 10.9. The molecule has 1 N–H and O–H groups in total. The second-order valence-corrected chi connectivity index (χ2v) is 5.10. The fourth-order valence-electron chi connectivity index (χ4n) is 2.17. The maximum Gasteiger partial charge on any atom is 0.295 e. The summed E-state index contributed by atoms with van der Waals surface area (Å²) in [7, 11) is 0. The summed E-state index contributed by atoms with van der Waals surface area (Å²) in [5.74, 6) is 0.470. The molecule has 0 aliphatic heterocycles. The van der Waals surface area contributed by atoms with Gasteiger partial charge in [0.25, 0.3) is 5.91 Å². The number of carbonyl (C=O) groups excluding carboxylic acids is 1. The summed E-state index contributed by atoms with van der Waals surface area (Å²) in [5.41, 5.74) is 2.61. The van der Waals surface area contributed by atoms with Gasteiger partial charge >= 0.3 is 0 Å². The molecule has 2 aromatic heterocycles. The third-order valence-corrected chi connectivity index (χ3v) is 3.17. The molecule has 0 fully saturated rings. The molecule has 112 valence electrons. The third kappa shape index (κ3) is 3.06. The van der Waals surface area contributed by atoms with Gasteiger partial charge in [0.15, 0.2) is 0 Å². The Balaban J connectivity index is 1.80. The molecule has 3 aromatic rings. The van der Waals surface area contributed by atoms with Crippen molar-refractivity contribution in [3.05, 3.63) is 65.2 Å². The Kier molecular flexibility index (Phi) is 3.74. The highest BCUT2D eigenvalue weighted by Gasteiger charge is 2.15. The van der Waals surface area contributed by atoms with Crippen LogP contribution in [0, 0.1) is 13.8 Å². The van der Waals surface area contributed by atoms with Crippen molar-refractivity contribution in [1.82, 2.24) is 14.9 Å². The van der Waals surface area contributed by atoms with Gasteiger partial charge < -0.3 is 9.84 Å². The van der Waals surface area contributed by atoms with Crippen LogP contribution in [-0.2, 0) is 6.54 Å². The van der Waals surface area contributed by atoms with E-state index in [-0.39, 0.29) is 11.7 Å². The third-order valence-electron chi connectivity index (χ3n) is 3.17. The SMILES string of the molecule is Cc1cc(C(=O)Nc2cc(C)nn2Cc2ccccc2)on1. The number of carbonyl (C=O) groups is 1. The standard InChI is InChI=1S/C16H16N4O2/c1-11-9-15(17-16(21)14-8-12(2)19-22-14)20(18-11)10-13-6-4-3-5-7-13/h3-9H,10H2,1-2H3,(H,17,21). The summed E-state index contributed by atoms with van der Waals surface area (Å²) in [6, 6.07) is 13.4. The first-order valence-electron chi connectivity index (χ1n) is 6.95. The largest absolute Gasteiger partial charge is 0.351 e. The lowest BCUT2D eigenvalue weighted by Crippen LogP contribution is -2.15. The monoisotopic (exact) mass is 296 g/mol. The first-order chi connectivity index (χ1) is 10.6. The lowest BCUT2D eigenvalue weighted by Gasteiger charge is -2.07. The number of anilines is 1. The molecule has 22 heavy (non-hydrogen) atoms. The molecule has 0 radical (unpaired) electrons. The van der Waals surface area contributed by atoms with Crippen molar-refractivity contribution in [1.29, 1.82) is 0 Å². The van der Waals surface area contributed by atoms with Crippen molar-refractivity contribution in [3.63, 3.8) is 0 Å². The van der Waals surface area contributed by atoms with Crippen LogP contribution in [0.1, 0.15) is 27.5 Å². The molecule has 0 saturated heterocycles. The number of hydrogen-bond acceptors (Lipinski definition) is 4. The van der Waals surface area contributed by atoms with Gasteiger partial charge in [0.1, 0.15) is 5.82 Å². The molecule has 0 spiro atoms. The molecule has 1 amide bonds. The van der Waals surface area contributed by atoms with Crippen molar-refractivity contribution in [2.45, 2.75) is 20.4 Å². The molecule has 0 saturated carbocycles. The predicted molar refractivity (Wildman–Crippen MR) is 81.7 cm³/mol. The molecular weight excluding hydrogens is 280 g/mol. The summed E-state index contributed by atoms with van der Waals surface area (Å²) in [6.07, 6.45) is 0. The lowest BCUT2D eigenvalue weighted by molar-refractivity contribution is 0.0987. The maximum absolute atomic E-state index is 12.2. The Morgan fingerprint density at radius 2 is 1.95 bits per heavy atom. The summed E-state index contributed by atoms with van der Waals surface area (Å²) >= 11 is 0. The molecule has 1 aromatic carbocycles. The first kappa shape index (κ1) is 14.1.